The summed E-state index contributed by atoms with van der Waals surface area (Å²) < 4.78 is 5.18. The summed E-state index contributed by atoms with van der Waals surface area (Å²) in [5.74, 6) is -0.702. The van der Waals surface area contributed by atoms with Crippen LogP contribution in [0.2, 0.25) is 0 Å². The molecular formula is C16H20NO4-. The highest BCUT2D eigenvalue weighted by Crippen LogP contribution is 2.86. The molecule has 3 rings (SSSR count). The summed E-state index contributed by atoms with van der Waals surface area (Å²) in [4.78, 5) is 24.0. The Hall–Kier alpha value is -1.78. The van der Waals surface area contributed by atoms with Gasteiger partial charge in [-0.3, -0.25) is 4.79 Å². The van der Waals surface area contributed by atoms with Crippen LogP contribution in [-0.4, -0.2) is 11.9 Å². The lowest BCUT2D eigenvalue weighted by Crippen LogP contribution is -2.47. The number of carbonyl (C=O) groups is 2. The van der Waals surface area contributed by atoms with Gasteiger partial charge < -0.3 is 19.6 Å². The molecule has 0 aliphatic heterocycles. The van der Waals surface area contributed by atoms with Crippen LogP contribution in [0.5, 0.6) is 0 Å². The van der Waals surface area contributed by atoms with Crippen LogP contribution in [0.3, 0.4) is 0 Å². The first kappa shape index (κ1) is 14.2. The zero-order chi connectivity index (χ0) is 15.5. The van der Waals surface area contributed by atoms with E-state index in [1.54, 1.807) is 25.3 Å². The van der Waals surface area contributed by atoms with Crippen molar-refractivity contribution >= 4 is 11.9 Å². The molecular weight excluding hydrogens is 270 g/mol. The van der Waals surface area contributed by atoms with Gasteiger partial charge in [0.15, 0.2) is 0 Å². The maximum absolute atomic E-state index is 12.4. The lowest BCUT2D eigenvalue weighted by Gasteiger charge is -2.41. The van der Waals surface area contributed by atoms with Gasteiger partial charge in [0.25, 0.3) is 0 Å². The summed E-state index contributed by atoms with van der Waals surface area (Å²) in [7, 11) is 0. The first-order chi connectivity index (χ1) is 9.79. The first-order valence-electron chi connectivity index (χ1n) is 7.30. The van der Waals surface area contributed by atoms with Crippen LogP contribution in [0.1, 0.15) is 39.4 Å². The molecule has 0 aromatic carbocycles. The van der Waals surface area contributed by atoms with Crippen LogP contribution < -0.4 is 10.4 Å². The molecule has 1 aromatic heterocycles. The molecule has 21 heavy (non-hydrogen) atoms. The fraction of sp³-hybridized carbons (Fsp3) is 0.625. The molecule has 1 N–H and O–H groups in total. The summed E-state index contributed by atoms with van der Waals surface area (Å²) in [5, 5.41) is 14.4. The van der Waals surface area contributed by atoms with E-state index in [2.05, 4.69) is 5.32 Å². The molecule has 114 valence electrons. The molecule has 1 spiro atoms. The monoisotopic (exact) mass is 290 g/mol. The van der Waals surface area contributed by atoms with E-state index in [-0.39, 0.29) is 11.8 Å². The van der Waals surface area contributed by atoms with Crippen molar-refractivity contribution in [3.63, 3.8) is 0 Å². The Morgan fingerprint density at radius 2 is 2.14 bits per heavy atom. The molecule has 0 radical (unpaired) electrons. The first-order valence-corrected chi connectivity index (χ1v) is 7.30. The number of aliphatic carboxylic acids is 1. The standard InChI is InChI=1S/C16H21NO4/c1-14(2)15(3,13(19)20)16(14)7-6-11(16)12(18)17-9-10-5-4-8-21-10/h4-5,8,11H,6-7,9H2,1-3H3,(H,17,18)(H,19,20)/p-1/t11-,15+,16-/m1/s1. The molecule has 5 nitrogen and oxygen atoms in total. The molecule has 2 saturated carbocycles. The Balaban J connectivity index is 1.73. The van der Waals surface area contributed by atoms with Crippen LogP contribution in [0.25, 0.3) is 0 Å². The van der Waals surface area contributed by atoms with Gasteiger partial charge in [0.1, 0.15) is 5.76 Å². The molecule has 2 aliphatic carbocycles. The van der Waals surface area contributed by atoms with E-state index in [9.17, 15) is 14.7 Å². The van der Waals surface area contributed by atoms with E-state index < -0.39 is 22.2 Å². The summed E-state index contributed by atoms with van der Waals surface area (Å²) in [6.07, 6.45) is 3.06. The minimum atomic E-state index is -1.05. The second kappa shape index (κ2) is 4.12. The van der Waals surface area contributed by atoms with Crippen molar-refractivity contribution in [3.8, 4) is 0 Å². The van der Waals surface area contributed by atoms with Crippen molar-refractivity contribution in [1.82, 2.24) is 5.32 Å². The summed E-state index contributed by atoms with van der Waals surface area (Å²) in [6, 6.07) is 3.56. The maximum Gasteiger partial charge on any atom is 0.224 e. The lowest BCUT2D eigenvalue weighted by molar-refractivity contribution is -0.316. The van der Waals surface area contributed by atoms with E-state index in [4.69, 9.17) is 4.42 Å². The number of carboxylic acid groups (broad SMARTS) is 1. The smallest absolute Gasteiger partial charge is 0.224 e. The van der Waals surface area contributed by atoms with E-state index >= 15 is 0 Å². The Bertz CT molecular complexity index is 591. The number of hydrogen-bond acceptors (Lipinski definition) is 4. The highest BCUT2D eigenvalue weighted by molar-refractivity contribution is 5.88. The summed E-state index contributed by atoms with van der Waals surface area (Å²) >= 11 is 0. The summed E-state index contributed by atoms with van der Waals surface area (Å²) in [6.45, 7) is 5.90. The van der Waals surface area contributed by atoms with Crippen LogP contribution in [0, 0.1) is 22.2 Å². The van der Waals surface area contributed by atoms with E-state index in [0.717, 1.165) is 12.8 Å². The number of amides is 1. The minimum absolute atomic E-state index is 0.0873. The average molecular weight is 290 g/mol. The molecule has 0 unspecified atom stereocenters. The molecule has 5 heteroatoms. The quantitative estimate of drug-likeness (QED) is 0.899. The third-order valence-corrected chi connectivity index (χ3v) is 6.36. The molecule has 1 heterocycles. The highest BCUT2D eigenvalue weighted by atomic mass is 16.4. The van der Waals surface area contributed by atoms with Gasteiger partial charge in [-0.15, -0.1) is 0 Å². The number of hydrogen-bond donors (Lipinski definition) is 1. The Kier molecular flexibility index (Phi) is 2.78. The number of furan rings is 1. The largest absolute Gasteiger partial charge is 0.550 e. The summed E-state index contributed by atoms with van der Waals surface area (Å²) in [5.41, 5.74) is -1.80. The minimum Gasteiger partial charge on any atom is -0.550 e. The normalized spacial score (nSPS) is 36.0. The second-order valence-corrected chi connectivity index (χ2v) is 6.90. The van der Waals surface area contributed by atoms with Crippen molar-refractivity contribution in [2.24, 2.45) is 22.2 Å². The number of rotatable bonds is 4. The second-order valence-electron chi connectivity index (χ2n) is 6.90. The fourth-order valence-corrected chi connectivity index (χ4v) is 4.66. The van der Waals surface area contributed by atoms with Gasteiger partial charge in [-0.25, -0.2) is 0 Å². The Labute approximate surface area is 123 Å². The number of carboxylic acids is 1. The van der Waals surface area contributed by atoms with Crippen molar-refractivity contribution in [1.29, 1.82) is 0 Å². The molecule has 0 saturated heterocycles. The van der Waals surface area contributed by atoms with E-state index in [1.165, 1.54) is 0 Å². The fourth-order valence-electron chi connectivity index (χ4n) is 4.66. The van der Waals surface area contributed by atoms with Gasteiger partial charge >= 0.3 is 0 Å². The average Bonchev–Trinajstić information content (AvgIpc) is 2.73. The van der Waals surface area contributed by atoms with Crippen LogP contribution in [-0.2, 0) is 16.1 Å². The van der Waals surface area contributed by atoms with Gasteiger partial charge in [0.2, 0.25) is 5.91 Å². The SMILES string of the molecule is CC1(C)[C@](C)(C(=O)[O-])[C@@]12CC[C@@H]2C(=O)NCc1ccco1. The van der Waals surface area contributed by atoms with E-state index in [0.29, 0.717) is 12.3 Å². The zero-order valence-corrected chi connectivity index (χ0v) is 12.6. The van der Waals surface area contributed by atoms with Crippen LogP contribution in [0.4, 0.5) is 0 Å². The molecule has 1 aromatic rings. The van der Waals surface area contributed by atoms with Crippen LogP contribution in [0.15, 0.2) is 22.8 Å². The van der Waals surface area contributed by atoms with Gasteiger partial charge in [0, 0.05) is 17.3 Å². The third kappa shape index (κ3) is 1.46. The van der Waals surface area contributed by atoms with Crippen molar-refractivity contribution in [2.75, 3.05) is 0 Å². The van der Waals surface area contributed by atoms with E-state index in [1.807, 2.05) is 13.8 Å². The maximum atomic E-state index is 12.4. The molecule has 0 bridgehead atoms. The Morgan fingerprint density at radius 3 is 2.57 bits per heavy atom. The lowest BCUT2D eigenvalue weighted by atomic mass is 9.63. The van der Waals surface area contributed by atoms with Crippen molar-refractivity contribution in [2.45, 2.75) is 40.2 Å². The topological polar surface area (TPSA) is 82.4 Å². The molecule has 1 amide bonds. The van der Waals surface area contributed by atoms with Gasteiger partial charge in [-0.2, -0.15) is 0 Å². The molecule has 3 atom stereocenters. The number of carbonyl (C=O) groups excluding carboxylic acids is 2. The zero-order valence-electron chi connectivity index (χ0n) is 12.6. The Morgan fingerprint density at radius 1 is 1.43 bits per heavy atom. The van der Waals surface area contributed by atoms with Gasteiger partial charge in [-0.1, -0.05) is 20.8 Å². The van der Waals surface area contributed by atoms with Gasteiger partial charge in [0.05, 0.1) is 12.8 Å². The number of nitrogens with one attached hydrogen (secondary N) is 1. The van der Waals surface area contributed by atoms with Gasteiger partial charge in [-0.05, 0) is 35.8 Å². The van der Waals surface area contributed by atoms with Crippen LogP contribution >= 0.6 is 0 Å². The molecule has 2 fully saturated rings. The highest BCUT2D eigenvalue weighted by Gasteiger charge is 2.85. The molecule has 2 aliphatic rings. The third-order valence-electron chi connectivity index (χ3n) is 6.36. The van der Waals surface area contributed by atoms with Crippen molar-refractivity contribution < 1.29 is 19.1 Å². The predicted octanol–water partition coefficient (Wildman–Crippen LogP) is 1.09. The predicted molar refractivity (Wildman–Crippen MR) is 72.6 cm³/mol. The van der Waals surface area contributed by atoms with Crippen molar-refractivity contribution in [3.05, 3.63) is 24.2 Å².